The lowest BCUT2D eigenvalue weighted by atomic mass is 10.0. The molecule has 0 aromatic heterocycles. The Morgan fingerprint density at radius 1 is 1.07 bits per heavy atom. The lowest BCUT2D eigenvalue weighted by Crippen LogP contribution is -2.19. The molecule has 0 spiro atoms. The van der Waals surface area contributed by atoms with Crippen molar-refractivity contribution < 1.29 is 24.1 Å². The third-order valence-electron chi connectivity index (χ3n) is 3.90. The van der Waals surface area contributed by atoms with Crippen LogP contribution in [-0.2, 0) is 4.79 Å². The van der Waals surface area contributed by atoms with Gasteiger partial charge in [-0.2, -0.15) is 0 Å². The third kappa shape index (κ3) is 5.76. The predicted octanol–water partition coefficient (Wildman–Crippen LogP) is 3.27. The first kappa shape index (κ1) is 20.3. The number of rotatable bonds is 9. The maximum Gasteiger partial charge on any atom is 0.336 e. The number of carboxylic acid groups (broad SMARTS) is 1. The fraction of sp³-hybridized carbons (Fsp3) is 0.286. The molecular weight excluding hydrogens is 346 g/mol. The minimum Gasteiger partial charge on any atom is -0.493 e. The van der Waals surface area contributed by atoms with Crippen LogP contribution in [0.4, 0.5) is 0 Å². The number of hydrogen-bond donors (Lipinski definition) is 1. The number of carbonyl (C=O) groups is 1. The lowest BCUT2D eigenvalue weighted by molar-refractivity contribution is -0.130. The molecule has 6 heteroatoms. The van der Waals surface area contributed by atoms with Crippen molar-refractivity contribution in [3.05, 3.63) is 53.6 Å². The molecule has 2 aromatic carbocycles. The quantitative estimate of drug-likeness (QED) is 0.539. The molecule has 0 atom stereocenters. The average Bonchev–Trinajstić information content (AvgIpc) is 2.65. The molecule has 0 saturated heterocycles. The molecule has 1 N–H and O–H groups in total. The second-order valence-electron chi connectivity index (χ2n) is 6.16. The summed E-state index contributed by atoms with van der Waals surface area (Å²) in [4.78, 5) is 13.8. The Kier molecular flexibility index (Phi) is 7.25. The smallest absolute Gasteiger partial charge is 0.336 e. The van der Waals surface area contributed by atoms with Crippen molar-refractivity contribution in [2.75, 3.05) is 41.5 Å². The monoisotopic (exact) mass is 371 g/mol. The Morgan fingerprint density at radius 2 is 1.81 bits per heavy atom. The van der Waals surface area contributed by atoms with Crippen LogP contribution in [0.25, 0.3) is 11.6 Å². The molecule has 2 rings (SSSR count). The molecule has 27 heavy (non-hydrogen) atoms. The minimum atomic E-state index is -1.03. The summed E-state index contributed by atoms with van der Waals surface area (Å²) in [5, 5.41) is 9.67. The van der Waals surface area contributed by atoms with Gasteiger partial charge in [0.05, 0.1) is 19.8 Å². The van der Waals surface area contributed by atoms with Crippen molar-refractivity contribution in [1.82, 2.24) is 4.90 Å². The van der Waals surface area contributed by atoms with E-state index in [1.165, 1.54) is 14.2 Å². The number of hydrogen-bond acceptors (Lipinski definition) is 5. The average molecular weight is 371 g/mol. The third-order valence-corrected chi connectivity index (χ3v) is 3.90. The fourth-order valence-corrected chi connectivity index (χ4v) is 2.48. The summed E-state index contributed by atoms with van der Waals surface area (Å²) in [5.41, 5.74) is 1.42. The molecule has 0 amide bonds. The largest absolute Gasteiger partial charge is 0.493 e. The summed E-state index contributed by atoms with van der Waals surface area (Å²) in [6.45, 7) is 1.35. The van der Waals surface area contributed by atoms with Gasteiger partial charge in [0.15, 0.2) is 11.5 Å². The molecule has 6 nitrogen and oxygen atoms in total. The van der Waals surface area contributed by atoms with Crippen LogP contribution in [0.3, 0.4) is 0 Å². The molecule has 0 unspecified atom stereocenters. The van der Waals surface area contributed by atoms with Crippen molar-refractivity contribution in [1.29, 1.82) is 0 Å². The first-order valence-electron chi connectivity index (χ1n) is 8.49. The van der Waals surface area contributed by atoms with Gasteiger partial charge in [-0.3, -0.25) is 0 Å². The SMILES string of the molecule is COc1ccc(/C(=C/c2cccc(OCCN(C)C)c2)C(=O)O)cc1OC. The zero-order valence-corrected chi connectivity index (χ0v) is 16.1. The van der Waals surface area contributed by atoms with E-state index in [9.17, 15) is 9.90 Å². The van der Waals surface area contributed by atoms with Gasteiger partial charge < -0.3 is 24.2 Å². The molecular formula is C21H25NO5. The second kappa shape index (κ2) is 9.64. The molecule has 0 radical (unpaired) electrons. The number of ether oxygens (including phenoxy) is 3. The standard InChI is InChI=1S/C21H25NO5/c1-22(2)10-11-27-17-7-5-6-15(12-17)13-18(21(23)24)16-8-9-19(25-3)20(14-16)26-4/h5-9,12-14H,10-11H2,1-4H3,(H,23,24)/b18-13-. The van der Waals surface area contributed by atoms with Crippen LogP contribution in [0.2, 0.25) is 0 Å². The highest BCUT2D eigenvalue weighted by Gasteiger charge is 2.14. The van der Waals surface area contributed by atoms with E-state index in [1.54, 1.807) is 24.3 Å². The first-order chi connectivity index (χ1) is 12.9. The summed E-state index contributed by atoms with van der Waals surface area (Å²) in [6.07, 6.45) is 1.61. The Morgan fingerprint density at radius 3 is 2.44 bits per heavy atom. The highest BCUT2D eigenvalue weighted by atomic mass is 16.5. The topological polar surface area (TPSA) is 68.2 Å². The molecule has 0 fully saturated rings. The van der Waals surface area contributed by atoms with Gasteiger partial charge in [-0.15, -0.1) is 0 Å². The van der Waals surface area contributed by atoms with Crippen LogP contribution in [-0.4, -0.2) is 57.4 Å². The summed E-state index contributed by atoms with van der Waals surface area (Å²) in [6, 6.07) is 12.4. The van der Waals surface area contributed by atoms with E-state index in [2.05, 4.69) is 0 Å². The number of benzene rings is 2. The molecule has 0 saturated carbocycles. The van der Waals surface area contributed by atoms with Crippen LogP contribution in [0.15, 0.2) is 42.5 Å². The van der Waals surface area contributed by atoms with E-state index in [0.29, 0.717) is 29.4 Å². The van der Waals surface area contributed by atoms with Gasteiger partial charge in [-0.1, -0.05) is 18.2 Å². The molecule has 0 aliphatic carbocycles. The van der Waals surface area contributed by atoms with Gasteiger partial charge in [0.25, 0.3) is 0 Å². The molecule has 0 aliphatic rings. The van der Waals surface area contributed by atoms with Gasteiger partial charge in [0, 0.05) is 6.54 Å². The van der Waals surface area contributed by atoms with Crippen molar-refractivity contribution in [2.45, 2.75) is 0 Å². The number of carboxylic acids is 1. The Bertz CT molecular complexity index is 814. The van der Waals surface area contributed by atoms with Crippen molar-refractivity contribution in [3.63, 3.8) is 0 Å². The van der Waals surface area contributed by atoms with Crippen LogP contribution in [0.1, 0.15) is 11.1 Å². The Balaban J connectivity index is 2.31. The number of aliphatic carboxylic acids is 1. The molecule has 0 bridgehead atoms. The van der Waals surface area contributed by atoms with E-state index >= 15 is 0 Å². The fourth-order valence-electron chi connectivity index (χ4n) is 2.48. The van der Waals surface area contributed by atoms with Crippen molar-refractivity contribution >= 4 is 17.6 Å². The van der Waals surface area contributed by atoms with Gasteiger partial charge in [-0.05, 0) is 55.6 Å². The van der Waals surface area contributed by atoms with Crippen LogP contribution < -0.4 is 14.2 Å². The summed E-state index contributed by atoms with van der Waals surface area (Å²) in [7, 11) is 7.00. The van der Waals surface area contributed by atoms with E-state index < -0.39 is 5.97 Å². The van der Waals surface area contributed by atoms with Gasteiger partial charge in [0.2, 0.25) is 0 Å². The highest BCUT2D eigenvalue weighted by Crippen LogP contribution is 2.31. The van der Waals surface area contributed by atoms with Crippen LogP contribution >= 0.6 is 0 Å². The van der Waals surface area contributed by atoms with E-state index in [0.717, 1.165) is 12.1 Å². The number of likely N-dealkylation sites (N-methyl/N-ethyl adjacent to an activating group) is 1. The van der Waals surface area contributed by atoms with Crippen molar-refractivity contribution in [3.8, 4) is 17.2 Å². The molecule has 144 valence electrons. The maximum atomic E-state index is 11.8. The Hall–Kier alpha value is -2.99. The highest BCUT2D eigenvalue weighted by molar-refractivity contribution is 6.20. The van der Waals surface area contributed by atoms with E-state index in [-0.39, 0.29) is 5.57 Å². The zero-order chi connectivity index (χ0) is 19.8. The predicted molar refractivity (Wildman–Crippen MR) is 106 cm³/mol. The van der Waals surface area contributed by atoms with Crippen LogP contribution in [0.5, 0.6) is 17.2 Å². The van der Waals surface area contributed by atoms with Crippen molar-refractivity contribution in [2.24, 2.45) is 0 Å². The van der Waals surface area contributed by atoms with E-state index in [1.807, 2.05) is 43.3 Å². The maximum absolute atomic E-state index is 11.8. The summed E-state index contributed by atoms with van der Waals surface area (Å²) in [5.74, 6) is 0.689. The van der Waals surface area contributed by atoms with Gasteiger partial charge in [-0.25, -0.2) is 4.79 Å². The minimum absolute atomic E-state index is 0.154. The first-order valence-corrected chi connectivity index (χ1v) is 8.49. The number of nitrogens with zero attached hydrogens (tertiary/aromatic N) is 1. The normalized spacial score (nSPS) is 11.4. The Labute approximate surface area is 159 Å². The molecule has 2 aromatic rings. The molecule has 0 aliphatic heterocycles. The van der Waals surface area contributed by atoms with E-state index in [4.69, 9.17) is 14.2 Å². The van der Waals surface area contributed by atoms with Gasteiger partial charge >= 0.3 is 5.97 Å². The lowest BCUT2D eigenvalue weighted by Gasteiger charge is -2.12. The second-order valence-corrected chi connectivity index (χ2v) is 6.16. The number of methoxy groups -OCH3 is 2. The van der Waals surface area contributed by atoms with Crippen LogP contribution in [0, 0.1) is 0 Å². The summed E-state index contributed by atoms with van der Waals surface area (Å²) < 4.78 is 16.2. The van der Waals surface area contributed by atoms with Gasteiger partial charge in [0.1, 0.15) is 12.4 Å². The summed E-state index contributed by atoms with van der Waals surface area (Å²) >= 11 is 0. The molecule has 0 heterocycles. The zero-order valence-electron chi connectivity index (χ0n) is 16.1.